The van der Waals surface area contributed by atoms with E-state index in [1.54, 1.807) is 6.20 Å². The number of fused-ring (bicyclic) bond motifs is 2. The van der Waals surface area contributed by atoms with Crippen molar-refractivity contribution in [1.29, 1.82) is 0 Å². The molecule has 0 amide bonds. The summed E-state index contributed by atoms with van der Waals surface area (Å²) >= 11 is 4.25. The molecule has 0 bridgehead atoms. The second-order valence-electron chi connectivity index (χ2n) is 3.71. The van der Waals surface area contributed by atoms with Crippen LogP contribution in [0.1, 0.15) is 19.4 Å². The summed E-state index contributed by atoms with van der Waals surface area (Å²) in [5, 5.41) is 10.7. The highest BCUT2D eigenvalue weighted by molar-refractivity contribution is 7.78. The fourth-order valence-electron chi connectivity index (χ4n) is 1.80. The lowest BCUT2D eigenvalue weighted by Crippen LogP contribution is -1.97. The van der Waals surface area contributed by atoms with Gasteiger partial charge in [-0.25, -0.2) is 0 Å². The van der Waals surface area contributed by atoms with Crippen LogP contribution in [-0.4, -0.2) is 9.19 Å². The highest BCUT2D eigenvalue weighted by Gasteiger charge is 2.16. The third-order valence-corrected chi connectivity index (χ3v) is 3.25. The summed E-state index contributed by atoms with van der Waals surface area (Å²) in [6.45, 7) is 4.70. The molecule has 1 atom stereocenters. The van der Waals surface area contributed by atoms with Crippen molar-refractivity contribution in [3.63, 3.8) is 0 Å². The molecule has 1 aromatic carbocycles. The molecule has 2 aromatic rings. The summed E-state index contributed by atoms with van der Waals surface area (Å²) in [4.78, 5) is 0. The maximum Gasteiger partial charge on any atom is 0.145 e. The fourth-order valence-corrected chi connectivity index (χ4v) is 2.18. The van der Waals surface area contributed by atoms with Gasteiger partial charge >= 0.3 is 0 Å². The number of nitrogens with one attached hydrogen (secondary N) is 2. The average Bonchev–Trinajstić information content (AvgIpc) is 2.71. The second-order valence-corrected chi connectivity index (χ2v) is 4.33. The molecule has 2 N–H and O–H groups in total. The molecule has 1 unspecified atom stereocenters. The van der Waals surface area contributed by atoms with E-state index < -0.39 is 0 Å². The first-order valence-electron chi connectivity index (χ1n) is 6.06. The van der Waals surface area contributed by atoms with Crippen molar-refractivity contribution in [1.82, 2.24) is 9.19 Å². The Morgan fingerprint density at radius 1 is 1.37 bits per heavy atom. The highest BCUT2D eigenvalue weighted by atomic mass is 32.1. The van der Waals surface area contributed by atoms with Crippen molar-refractivity contribution in [3.05, 3.63) is 30.0 Å². The van der Waals surface area contributed by atoms with E-state index in [0.29, 0.717) is 6.54 Å². The van der Waals surface area contributed by atoms with Crippen molar-refractivity contribution in [2.75, 3.05) is 10.6 Å². The molecule has 7 heteroatoms. The molecule has 1 aliphatic heterocycles. The molecule has 3 rings (SSSR count). The largest absolute Gasteiger partial charge is 0.480 e. The third-order valence-electron chi connectivity index (χ3n) is 2.68. The molecule has 0 fully saturated rings. The van der Waals surface area contributed by atoms with Gasteiger partial charge < -0.3 is 15.2 Å². The molecular weight excluding hydrogens is 279 g/mol. The van der Waals surface area contributed by atoms with Gasteiger partial charge in [0.15, 0.2) is 0 Å². The minimum absolute atomic E-state index is 0.705. The van der Waals surface area contributed by atoms with Crippen LogP contribution in [0.3, 0.4) is 0 Å². The Kier molecular flexibility index (Phi) is 4.56. The molecule has 0 aliphatic carbocycles. The van der Waals surface area contributed by atoms with E-state index in [1.807, 2.05) is 32.0 Å². The number of aromatic nitrogens is 2. The normalized spacial score (nSPS) is 11.8. The van der Waals surface area contributed by atoms with Crippen LogP contribution in [0.2, 0.25) is 0 Å². The van der Waals surface area contributed by atoms with Crippen molar-refractivity contribution in [2.45, 2.75) is 20.4 Å². The Morgan fingerprint density at radius 3 is 2.89 bits per heavy atom. The minimum atomic E-state index is 0.705. The predicted octanol–water partition coefficient (Wildman–Crippen LogP) is 3.44. The first kappa shape index (κ1) is 14.0. The lowest BCUT2D eigenvalue weighted by atomic mass is 10.2. The van der Waals surface area contributed by atoms with E-state index >= 15 is 0 Å². The van der Waals surface area contributed by atoms with Crippen LogP contribution < -0.4 is 15.2 Å². The van der Waals surface area contributed by atoms with Crippen LogP contribution in [0.4, 0.5) is 17.2 Å². The lowest BCUT2D eigenvalue weighted by molar-refractivity contribution is 0.646. The van der Waals surface area contributed by atoms with Gasteiger partial charge in [0.2, 0.25) is 0 Å². The van der Waals surface area contributed by atoms with Gasteiger partial charge in [-0.3, -0.25) is 0 Å². The summed E-state index contributed by atoms with van der Waals surface area (Å²) in [6, 6.07) is 5.79. The molecule has 0 radical (unpaired) electrons. The molecule has 0 saturated carbocycles. The minimum Gasteiger partial charge on any atom is -0.480 e. The average molecular weight is 296 g/mol. The third kappa shape index (κ3) is 2.80. The molecular formula is C12H17N4OPS. The zero-order chi connectivity index (χ0) is 13.8. The van der Waals surface area contributed by atoms with Crippen LogP contribution in [-0.2, 0) is 6.54 Å². The predicted molar refractivity (Wildman–Crippen MR) is 85.3 cm³/mol. The van der Waals surface area contributed by atoms with Crippen molar-refractivity contribution in [3.8, 4) is 5.75 Å². The molecule has 5 nitrogen and oxygen atoms in total. The number of anilines is 3. The molecule has 19 heavy (non-hydrogen) atoms. The zero-order valence-corrected chi connectivity index (χ0v) is 12.9. The number of benzene rings is 1. The summed E-state index contributed by atoms with van der Waals surface area (Å²) in [5.41, 5.74) is 3.05. The topological polar surface area (TPSA) is 51.1 Å². The maximum absolute atomic E-state index is 5.12. The highest BCUT2D eigenvalue weighted by Crippen LogP contribution is 2.34. The van der Waals surface area contributed by atoms with Gasteiger partial charge in [-0.2, -0.15) is 9.19 Å². The van der Waals surface area contributed by atoms with Crippen molar-refractivity contribution in [2.24, 2.45) is 0 Å². The van der Waals surface area contributed by atoms with Gasteiger partial charge in [-0.15, -0.1) is 0 Å². The molecule has 1 aromatic heterocycles. The Balaban J connectivity index is 0.000000637. The van der Waals surface area contributed by atoms with E-state index in [4.69, 9.17) is 4.52 Å². The number of nitrogens with zero attached hydrogens (tertiary/aromatic N) is 2. The molecule has 0 saturated heterocycles. The van der Waals surface area contributed by atoms with Crippen LogP contribution in [0.15, 0.2) is 24.4 Å². The maximum atomic E-state index is 5.12. The molecule has 0 spiro atoms. The van der Waals surface area contributed by atoms with E-state index in [9.17, 15) is 0 Å². The first-order chi connectivity index (χ1) is 9.28. The van der Waals surface area contributed by atoms with Crippen molar-refractivity contribution >= 4 is 39.5 Å². The van der Waals surface area contributed by atoms with E-state index in [-0.39, 0.29) is 0 Å². The van der Waals surface area contributed by atoms with Crippen LogP contribution >= 0.6 is 22.3 Å². The molecule has 2 heterocycles. The van der Waals surface area contributed by atoms with E-state index in [2.05, 4.69) is 38.0 Å². The summed E-state index contributed by atoms with van der Waals surface area (Å²) in [7, 11) is 2.24. The Labute approximate surface area is 120 Å². The standard InChI is InChI=1S/C10H11N4OPS.C2H6/c16-15-7-1-2-8-9(3-7)11-4-6-5-12-14(17)10(6)13-8;1-2/h1-3,5,11,13,17H,4,16H2;1-2H3. The van der Waals surface area contributed by atoms with Gasteiger partial charge in [0.05, 0.1) is 27.0 Å². The quantitative estimate of drug-likeness (QED) is 0.557. The fraction of sp³-hybridized carbons (Fsp3) is 0.250. The van der Waals surface area contributed by atoms with Gasteiger partial charge in [0, 0.05) is 18.2 Å². The zero-order valence-electron chi connectivity index (χ0n) is 10.8. The van der Waals surface area contributed by atoms with Gasteiger partial charge in [-0.05, 0) is 24.9 Å². The summed E-state index contributed by atoms with van der Waals surface area (Å²) < 4.78 is 6.65. The van der Waals surface area contributed by atoms with Gasteiger partial charge in [0.25, 0.3) is 0 Å². The van der Waals surface area contributed by atoms with Gasteiger partial charge in [0.1, 0.15) is 11.6 Å². The first-order valence-corrected chi connectivity index (χ1v) is 6.93. The smallest absolute Gasteiger partial charge is 0.145 e. The second kappa shape index (κ2) is 6.17. The van der Waals surface area contributed by atoms with Crippen LogP contribution in [0, 0.1) is 0 Å². The summed E-state index contributed by atoms with van der Waals surface area (Å²) in [6.07, 6.45) is 1.79. The lowest BCUT2D eigenvalue weighted by Gasteiger charge is -2.10. The molecule has 1 aliphatic rings. The monoisotopic (exact) mass is 296 g/mol. The van der Waals surface area contributed by atoms with Crippen LogP contribution in [0.25, 0.3) is 0 Å². The van der Waals surface area contributed by atoms with E-state index in [0.717, 1.165) is 28.5 Å². The number of hydrogen-bond donors (Lipinski definition) is 3. The SMILES string of the molecule is CC.POc1ccc2c(c1)NCc1cnn(S)c1N2. The van der Waals surface area contributed by atoms with Crippen LogP contribution in [0.5, 0.6) is 5.75 Å². The number of hydrogen-bond acceptors (Lipinski definition) is 5. The Bertz CT molecular complexity index is 573. The molecule has 102 valence electrons. The Morgan fingerprint density at radius 2 is 2.16 bits per heavy atom. The van der Waals surface area contributed by atoms with E-state index in [1.165, 1.54) is 4.09 Å². The number of thiol groups is 1. The summed E-state index contributed by atoms with van der Waals surface area (Å²) in [5.74, 6) is 1.68. The number of rotatable bonds is 1. The Hall–Kier alpha value is -1.39. The van der Waals surface area contributed by atoms with Gasteiger partial charge in [-0.1, -0.05) is 13.8 Å². The van der Waals surface area contributed by atoms with Crippen molar-refractivity contribution < 1.29 is 4.52 Å².